The van der Waals surface area contributed by atoms with E-state index < -0.39 is 0 Å². The number of hydrogen-bond donors (Lipinski definition) is 1. The summed E-state index contributed by atoms with van der Waals surface area (Å²) in [4.78, 5) is 13.3. The van der Waals surface area contributed by atoms with Gasteiger partial charge in [-0.25, -0.2) is 0 Å². The lowest BCUT2D eigenvalue weighted by atomic mass is 10.1. The second-order valence-corrected chi connectivity index (χ2v) is 7.41. The molecule has 1 amide bonds. The van der Waals surface area contributed by atoms with Gasteiger partial charge in [0, 0.05) is 6.54 Å². The molecule has 0 saturated carbocycles. The van der Waals surface area contributed by atoms with E-state index in [0.29, 0.717) is 5.75 Å². The predicted octanol–water partition coefficient (Wildman–Crippen LogP) is 4.00. The average molecular weight is 373 g/mol. The molecular weight excluding hydrogens is 352 g/mol. The van der Waals surface area contributed by atoms with Crippen molar-refractivity contribution in [3.05, 3.63) is 53.4 Å². The van der Waals surface area contributed by atoms with E-state index in [0.717, 1.165) is 28.0 Å². The van der Waals surface area contributed by atoms with Gasteiger partial charge in [-0.1, -0.05) is 48.2 Å². The minimum atomic E-state index is -0.0139. The van der Waals surface area contributed by atoms with Gasteiger partial charge in [0.2, 0.25) is 5.91 Å². The summed E-state index contributed by atoms with van der Waals surface area (Å²) in [5.74, 6) is 1.17. The van der Waals surface area contributed by atoms with Crippen LogP contribution in [0.5, 0.6) is 0 Å². The van der Waals surface area contributed by atoms with Gasteiger partial charge in [-0.15, -0.1) is 21.5 Å². The number of hydrogen-bond acceptors (Lipinski definition) is 5. The molecule has 1 aromatic carbocycles. The topological polar surface area (TPSA) is 59.8 Å². The van der Waals surface area contributed by atoms with Crippen molar-refractivity contribution in [2.45, 2.75) is 31.6 Å². The molecule has 25 heavy (non-hydrogen) atoms. The zero-order valence-corrected chi connectivity index (χ0v) is 15.8. The summed E-state index contributed by atoms with van der Waals surface area (Å²) in [6.07, 6.45) is 0. The molecule has 130 valence electrons. The van der Waals surface area contributed by atoms with Gasteiger partial charge in [0.25, 0.3) is 0 Å². The van der Waals surface area contributed by atoms with Crippen molar-refractivity contribution in [3.63, 3.8) is 0 Å². The van der Waals surface area contributed by atoms with Gasteiger partial charge in [-0.3, -0.25) is 4.79 Å². The number of benzene rings is 1. The van der Waals surface area contributed by atoms with E-state index in [1.807, 2.05) is 59.3 Å². The Morgan fingerprint density at radius 3 is 2.72 bits per heavy atom. The van der Waals surface area contributed by atoms with Crippen LogP contribution < -0.4 is 5.32 Å². The van der Waals surface area contributed by atoms with E-state index >= 15 is 0 Å². The lowest BCUT2D eigenvalue weighted by molar-refractivity contribution is -0.119. The Morgan fingerprint density at radius 1 is 1.24 bits per heavy atom. The van der Waals surface area contributed by atoms with E-state index in [1.165, 1.54) is 11.8 Å². The predicted molar refractivity (Wildman–Crippen MR) is 103 cm³/mol. The van der Waals surface area contributed by atoms with Gasteiger partial charge in [-0.05, 0) is 30.9 Å². The number of aromatic nitrogens is 3. The van der Waals surface area contributed by atoms with E-state index in [2.05, 4.69) is 22.4 Å². The first-order valence-electron chi connectivity index (χ1n) is 8.13. The number of rotatable bonds is 7. The summed E-state index contributed by atoms with van der Waals surface area (Å²) in [5.41, 5.74) is 1.09. The Kier molecular flexibility index (Phi) is 5.88. The standard InChI is InChI=1S/C18H20N4OS2/c1-3-22-17(15-10-7-11-24-15)20-21-18(22)25-12-16(23)19-13(2)14-8-5-4-6-9-14/h4-11,13H,3,12H2,1-2H3,(H,19,23)/t13-/m0/s1. The monoisotopic (exact) mass is 372 g/mol. The average Bonchev–Trinajstić information content (AvgIpc) is 3.29. The molecular formula is C18H20N4OS2. The van der Waals surface area contributed by atoms with Crippen molar-refractivity contribution < 1.29 is 4.79 Å². The molecule has 3 aromatic rings. The Bertz CT molecular complexity index is 815. The van der Waals surface area contributed by atoms with E-state index in [-0.39, 0.29) is 11.9 Å². The van der Waals surface area contributed by atoms with Gasteiger partial charge in [0.1, 0.15) is 0 Å². The summed E-state index contributed by atoms with van der Waals surface area (Å²) in [5, 5.41) is 14.4. The maximum absolute atomic E-state index is 12.2. The Balaban J connectivity index is 1.61. The van der Waals surface area contributed by atoms with Crippen LogP contribution in [0.15, 0.2) is 53.0 Å². The number of amides is 1. The third-order valence-electron chi connectivity index (χ3n) is 3.78. The first-order valence-corrected chi connectivity index (χ1v) is 9.99. The van der Waals surface area contributed by atoms with E-state index in [9.17, 15) is 4.79 Å². The fourth-order valence-corrected chi connectivity index (χ4v) is 4.04. The molecule has 5 nitrogen and oxygen atoms in total. The van der Waals surface area contributed by atoms with Gasteiger partial charge in [0.05, 0.1) is 16.7 Å². The van der Waals surface area contributed by atoms with Crippen molar-refractivity contribution in [1.29, 1.82) is 0 Å². The molecule has 2 aromatic heterocycles. The van der Waals surface area contributed by atoms with Gasteiger partial charge < -0.3 is 9.88 Å². The number of nitrogens with zero attached hydrogens (tertiary/aromatic N) is 3. The first-order chi connectivity index (χ1) is 12.2. The lowest BCUT2D eigenvalue weighted by Crippen LogP contribution is -2.28. The van der Waals surface area contributed by atoms with Gasteiger partial charge in [0.15, 0.2) is 11.0 Å². The van der Waals surface area contributed by atoms with Crippen molar-refractivity contribution in [3.8, 4) is 10.7 Å². The molecule has 7 heteroatoms. The smallest absolute Gasteiger partial charge is 0.230 e. The Labute approximate surface area is 155 Å². The van der Waals surface area contributed by atoms with Crippen LogP contribution in [-0.2, 0) is 11.3 Å². The molecule has 1 N–H and O–H groups in total. The van der Waals surface area contributed by atoms with E-state index in [4.69, 9.17) is 0 Å². The molecule has 0 unspecified atom stereocenters. The number of carbonyl (C=O) groups is 1. The lowest BCUT2D eigenvalue weighted by Gasteiger charge is -2.14. The highest BCUT2D eigenvalue weighted by atomic mass is 32.2. The van der Waals surface area contributed by atoms with Crippen LogP contribution in [0, 0.1) is 0 Å². The summed E-state index contributed by atoms with van der Waals surface area (Å²) >= 11 is 3.05. The van der Waals surface area contributed by atoms with Gasteiger partial charge in [-0.2, -0.15) is 0 Å². The fraction of sp³-hybridized carbons (Fsp3) is 0.278. The third-order valence-corrected chi connectivity index (χ3v) is 5.62. The number of thioether (sulfide) groups is 1. The molecule has 0 aliphatic heterocycles. The quantitative estimate of drug-likeness (QED) is 0.637. The van der Waals surface area contributed by atoms with Crippen molar-refractivity contribution in [2.75, 3.05) is 5.75 Å². The third kappa shape index (κ3) is 4.29. The van der Waals surface area contributed by atoms with Crippen LogP contribution in [0.25, 0.3) is 10.7 Å². The second-order valence-electron chi connectivity index (χ2n) is 5.52. The molecule has 0 radical (unpaired) electrons. The minimum Gasteiger partial charge on any atom is -0.349 e. The molecule has 0 aliphatic rings. The number of thiophene rings is 1. The summed E-state index contributed by atoms with van der Waals surface area (Å²) in [7, 11) is 0. The molecule has 2 heterocycles. The molecule has 0 fully saturated rings. The van der Waals surface area contributed by atoms with Crippen LogP contribution in [0.2, 0.25) is 0 Å². The van der Waals surface area contributed by atoms with Crippen LogP contribution in [-0.4, -0.2) is 26.4 Å². The molecule has 0 bridgehead atoms. The van der Waals surface area contributed by atoms with Crippen molar-refractivity contribution >= 4 is 29.0 Å². The summed E-state index contributed by atoms with van der Waals surface area (Å²) in [6.45, 7) is 4.81. The fourth-order valence-electron chi connectivity index (χ4n) is 2.51. The Hall–Kier alpha value is -2.12. The van der Waals surface area contributed by atoms with Crippen LogP contribution in [0.3, 0.4) is 0 Å². The summed E-state index contributed by atoms with van der Waals surface area (Å²) < 4.78 is 2.05. The normalized spacial score (nSPS) is 12.1. The van der Waals surface area contributed by atoms with Crippen LogP contribution in [0.4, 0.5) is 0 Å². The summed E-state index contributed by atoms with van der Waals surface area (Å²) in [6, 6.07) is 14.0. The first kappa shape index (κ1) is 17.7. The highest BCUT2D eigenvalue weighted by molar-refractivity contribution is 7.99. The zero-order chi connectivity index (χ0) is 17.6. The van der Waals surface area contributed by atoms with Crippen molar-refractivity contribution in [1.82, 2.24) is 20.1 Å². The molecule has 0 saturated heterocycles. The maximum Gasteiger partial charge on any atom is 0.230 e. The highest BCUT2D eigenvalue weighted by Crippen LogP contribution is 2.27. The van der Waals surface area contributed by atoms with Crippen molar-refractivity contribution in [2.24, 2.45) is 0 Å². The number of carbonyl (C=O) groups excluding carboxylic acids is 1. The molecule has 3 rings (SSSR count). The van der Waals surface area contributed by atoms with Gasteiger partial charge >= 0.3 is 0 Å². The molecule has 1 atom stereocenters. The molecule has 0 spiro atoms. The second kappa shape index (κ2) is 8.31. The SMILES string of the molecule is CCn1c(SCC(=O)N[C@@H](C)c2ccccc2)nnc1-c1cccs1. The van der Waals surface area contributed by atoms with Crippen LogP contribution in [0.1, 0.15) is 25.5 Å². The van der Waals surface area contributed by atoms with Crippen LogP contribution >= 0.6 is 23.1 Å². The molecule has 0 aliphatic carbocycles. The minimum absolute atomic E-state index is 0.00956. The Morgan fingerprint density at radius 2 is 2.04 bits per heavy atom. The largest absolute Gasteiger partial charge is 0.349 e. The number of nitrogens with one attached hydrogen (secondary N) is 1. The zero-order valence-electron chi connectivity index (χ0n) is 14.2. The maximum atomic E-state index is 12.2. The van der Waals surface area contributed by atoms with E-state index in [1.54, 1.807) is 11.3 Å². The highest BCUT2D eigenvalue weighted by Gasteiger charge is 2.16.